The van der Waals surface area contributed by atoms with Crippen molar-refractivity contribution in [1.29, 1.82) is 0 Å². The van der Waals surface area contributed by atoms with Crippen LogP contribution in [-0.2, 0) is 10.2 Å². The first-order valence-electron chi connectivity index (χ1n) is 9.65. The summed E-state index contributed by atoms with van der Waals surface area (Å²) in [7, 11) is 0. The van der Waals surface area contributed by atoms with Crippen LogP contribution >= 0.6 is 0 Å². The summed E-state index contributed by atoms with van der Waals surface area (Å²) in [5.74, 6) is -1.73. The maximum Gasteiger partial charge on any atom is 0.294 e. The molecule has 0 radical (unpaired) electrons. The minimum atomic E-state index is -0.864. The second-order valence-electron chi connectivity index (χ2n) is 8.20. The summed E-state index contributed by atoms with van der Waals surface area (Å²) in [6.07, 6.45) is 2.96. The molecular weight excluding hydrogens is 380 g/mol. The van der Waals surface area contributed by atoms with Crippen LogP contribution in [0.25, 0.3) is 0 Å². The van der Waals surface area contributed by atoms with E-state index in [1.165, 1.54) is 17.2 Å². The molecule has 6 nitrogen and oxygen atoms in total. The number of benzene rings is 1. The number of carbonyl (C=O) groups is 2. The number of hydrogen-bond donors (Lipinski definition) is 1. The van der Waals surface area contributed by atoms with Gasteiger partial charge < -0.3 is 9.52 Å². The molecule has 1 aliphatic rings. The molecule has 6 heteroatoms. The lowest BCUT2D eigenvalue weighted by Crippen LogP contribution is -2.31. The zero-order chi connectivity index (χ0) is 21.5. The molecule has 1 atom stereocenters. The number of aliphatic hydroxyl groups is 1. The van der Waals surface area contributed by atoms with Gasteiger partial charge in [0.15, 0.2) is 11.5 Å². The fourth-order valence-electron chi connectivity index (χ4n) is 3.58. The first kappa shape index (κ1) is 19.6. The van der Waals surface area contributed by atoms with Crippen LogP contribution in [0.3, 0.4) is 0 Å². The average Bonchev–Trinajstić information content (AvgIpc) is 3.35. The lowest BCUT2D eigenvalue weighted by atomic mass is 9.87. The fourth-order valence-corrected chi connectivity index (χ4v) is 3.58. The lowest BCUT2D eigenvalue weighted by Gasteiger charge is -2.27. The van der Waals surface area contributed by atoms with Crippen LogP contribution in [0.15, 0.2) is 82.8 Å². The Morgan fingerprint density at radius 1 is 1.07 bits per heavy atom. The third-order valence-corrected chi connectivity index (χ3v) is 5.18. The van der Waals surface area contributed by atoms with Gasteiger partial charge in [0, 0.05) is 11.9 Å². The zero-order valence-corrected chi connectivity index (χ0v) is 17.0. The molecule has 1 N–H and O–H groups in total. The third kappa shape index (κ3) is 3.30. The lowest BCUT2D eigenvalue weighted by molar-refractivity contribution is -0.117. The maximum atomic E-state index is 13.1. The van der Waals surface area contributed by atoms with Crippen LogP contribution in [0.4, 0.5) is 5.69 Å². The summed E-state index contributed by atoms with van der Waals surface area (Å²) in [5, 5.41) is 10.7. The van der Waals surface area contributed by atoms with E-state index in [1.807, 2.05) is 24.3 Å². The van der Waals surface area contributed by atoms with Crippen molar-refractivity contribution >= 4 is 17.4 Å². The number of aliphatic hydroxyl groups excluding tert-OH is 1. The number of pyridine rings is 1. The van der Waals surface area contributed by atoms with Gasteiger partial charge >= 0.3 is 0 Å². The Kier molecular flexibility index (Phi) is 4.78. The van der Waals surface area contributed by atoms with Crippen molar-refractivity contribution in [2.75, 3.05) is 4.90 Å². The van der Waals surface area contributed by atoms with Crippen LogP contribution < -0.4 is 4.90 Å². The first-order chi connectivity index (χ1) is 14.3. The molecule has 3 aromatic rings. The second-order valence-corrected chi connectivity index (χ2v) is 8.20. The van der Waals surface area contributed by atoms with Crippen molar-refractivity contribution in [3.05, 3.63) is 95.4 Å². The molecule has 4 rings (SSSR count). The largest absolute Gasteiger partial charge is 0.503 e. The van der Waals surface area contributed by atoms with E-state index >= 15 is 0 Å². The number of carbonyl (C=O) groups excluding carboxylic acids is 2. The van der Waals surface area contributed by atoms with Gasteiger partial charge in [0.25, 0.3) is 5.91 Å². The molecule has 0 saturated heterocycles. The zero-order valence-electron chi connectivity index (χ0n) is 17.0. The van der Waals surface area contributed by atoms with E-state index in [0.717, 1.165) is 5.56 Å². The molecule has 1 aliphatic heterocycles. The van der Waals surface area contributed by atoms with Crippen LogP contribution in [0.2, 0.25) is 0 Å². The Morgan fingerprint density at radius 3 is 2.37 bits per heavy atom. The number of rotatable bonds is 4. The highest BCUT2D eigenvalue weighted by Crippen LogP contribution is 2.41. The second kappa shape index (κ2) is 7.30. The first-order valence-corrected chi connectivity index (χ1v) is 9.65. The predicted octanol–water partition coefficient (Wildman–Crippen LogP) is 4.76. The number of hydrogen-bond acceptors (Lipinski definition) is 5. The molecule has 2 aromatic heterocycles. The number of aromatic nitrogens is 1. The topological polar surface area (TPSA) is 83.6 Å². The molecule has 0 aliphatic carbocycles. The van der Waals surface area contributed by atoms with E-state index in [1.54, 1.807) is 30.5 Å². The van der Waals surface area contributed by atoms with Gasteiger partial charge in [-0.1, -0.05) is 39.0 Å². The quantitative estimate of drug-likeness (QED) is 0.637. The third-order valence-electron chi connectivity index (χ3n) is 5.18. The number of Topliss-reactive ketones (excluding diaryl/α,β-unsaturated/α-hetero) is 1. The predicted molar refractivity (Wildman–Crippen MR) is 112 cm³/mol. The Hall–Kier alpha value is -3.67. The molecule has 152 valence electrons. The minimum absolute atomic E-state index is 0.0469. The molecular formula is C24H22N2O4. The smallest absolute Gasteiger partial charge is 0.294 e. The van der Waals surface area contributed by atoms with Crippen molar-refractivity contribution in [3.63, 3.8) is 0 Å². The average molecular weight is 402 g/mol. The minimum Gasteiger partial charge on any atom is -0.503 e. The van der Waals surface area contributed by atoms with Crippen molar-refractivity contribution in [1.82, 2.24) is 4.98 Å². The fraction of sp³-hybridized carbons (Fsp3) is 0.208. The van der Waals surface area contributed by atoms with Gasteiger partial charge in [-0.2, -0.15) is 0 Å². The van der Waals surface area contributed by atoms with Crippen LogP contribution in [0.1, 0.15) is 48.6 Å². The van der Waals surface area contributed by atoms with Gasteiger partial charge in [-0.15, -0.1) is 0 Å². The molecule has 1 aromatic carbocycles. The van der Waals surface area contributed by atoms with Gasteiger partial charge in [0.1, 0.15) is 6.04 Å². The number of ketones is 1. The summed E-state index contributed by atoms with van der Waals surface area (Å²) in [6.45, 7) is 6.31. The van der Waals surface area contributed by atoms with Gasteiger partial charge in [0.05, 0.1) is 17.5 Å². The van der Waals surface area contributed by atoms with Crippen molar-refractivity contribution in [2.45, 2.75) is 32.2 Å². The van der Waals surface area contributed by atoms with E-state index in [9.17, 15) is 14.7 Å². The van der Waals surface area contributed by atoms with Crippen LogP contribution in [-0.4, -0.2) is 21.8 Å². The van der Waals surface area contributed by atoms with E-state index in [0.29, 0.717) is 11.4 Å². The van der Waals surface area contributed by atoms with Crippen molar-refractivity contribution in [3.8, 4) is 0 Å². The van der Waals surface area contributed by atoms with Crippen LogP contribution in [0.5, 0.6) is 0 Å². The van der Waals surface area contributed by atoms with E-state index in [-0.39, 0.29) is 16.7 Å². The standard InChI is InChI=1S/C24H22N2O4/c1-24(2,3)15-9-11-16(12-10-15)26-20(17-7-4-5-13-25-17)19(22(28)23(26)29)21(27)18-8-6-14-30-18/h4-14,20,28H,1-3H3. The highest BCUT2D eigenvalue weighted by molar-refractivity contribution is 6.20. The highest BCUT2D eigenvalue weighted by atomic mass is 16.3. The summed E-state index contributed by atoms with van der Waals surface area (Å²) in [6, 6.07) is 15.0. The van der Waals surface area contributed by atoms with E-state index < -0.39 is 23.5 Å². The Labute approximate surface area is 174 Å². The van der Waals surface area contributed by atoms with Gasteiger partial charge in [-0.05, 0) is 47.4 Å². The van der Waals surface area contributed by atoms with Crippen molar-refractivity contribution < 1.29 is 19.1 Å². The molecule has 0 spiro atoms. The molecule has 0 saturated carbocycles. The van der Waals surface area contributed by atoms with Gasteiger partial charge in [-0.25, -0.2) is 0 Å². The SMILES string of the molecule is CC(C)(C)c1ccc(N2C(=O)C(O)=C(C(=O)c3ccco3)C2c2ccccn2)cc1. The number of amides is 1. The summed E-state index contributed by atoms with van der Waals surface area (Å²) in [4.78, 5) is 31.9. The molecule has 30 heavy (non-hydrogen) atoms. The molecule has 3 heterocycles. The highest BCUT2D eigenvalue weighted by Gasteiger charge is 2.45. The van der Waals surface area contributed by atoms with Crippen LogP contribution in [0, 0.1) is 0 Å². The normalized spacial score (nSPS) is 17.0. The number of nitrogens with zero attached hydrogens (tertiary/aromatic N) is 2. The summed E-state index contributed by atoms with van der Waals surface area (Å²) in [5.41, 5.74) is 2.06. The molecule has 0 fully saturated rings. The summed E-state index contributed by atoms with van der Waals surface area (Å²) < 4.78 is 5.22. The van der Waals surface area contributed by atoms with Crippen molar-refractivity contribution in [2.24, 2.45) is 0 Å². The van der Waals surface area contributed by atoms with E-state index in [2.05, 4.69) is 25.8 Å². The van der Waals surface area contributed by atoms with Gasteiger partial charge in [0.2, 0.25) is 5.78 Å². The summed E-state index contributed by atoms with van der Waals surface area (Å²) >= 11 is 0. The molecule has 1 unspecified atom stereocenters. The Balaban J connectivity index is 1.83. The number of furan rings is 1. The Bertz CT molecular complexity index is 1110. The molecule has 1 amide bonds. The Morgan fingerprint density at radius 2 is 1.80 bits per heavy atom. The maximum absolute atomic E-state index is 13.1. The van der Waals surface area contributed by atoms with E-state index in [4.69, 9.17) is 4.42 Å². The molecule has 0 bridgehead atoms. The monoisotopic (exact) mass is 402 g/mol. The number of anilines is 1. The van der Waals surface area contributed by atoms with Gasteiger partial charge in [-0.3, -0.25) is 19.5 Å².